The van der Waals surface area contributed by atoms with Crippen molar-refractivity contribution in [3.8, 4) is 11.8 Å². The zero-order chi connectivity index (χ0) is 24.9. The molecule has 0 radical (unpaired) electrons. The highest BCUT2D eigenvalue weighted by Crippen LogP contribution is 2.31. The average molecular weight is 485 g/mol. The van der Waals surface area contributed by atoms with Crippen LogP contribution in [0.4, 0.5) is 24.1 Å². The summed E-state index contributed by atoms with van der Waals surface area (Å²) in [5, 5.41) is 23.3. The number of benzene rings is 2. The lowest BCUT2D eigenvalue weighted by Crippen LogP contribution is -2.59. The number of rotatable bonds is 7. The van der Waals surface area contributed by atoms with Gasteiger partial charge >= 0.3 is 12.1 Å². The van der Waals surface area contributed by atoms with Crippen LogP contribution < -0.4 is 15.4 Å². The van der Waals surface area contributed by atoms with Crippen LogP contribution in [0.15, 0.2) is 42.5 Å². The monoisotopic (exact) mass is 485 g/mol. The van der Waals surface area contributed by atoms with Crippen molar-refractivity contribution in [3.63, 3.8) is 0 Å². The highest BCUT2D eigenvalue weighted by molar-refractivity contribution is 5.89. The molecule has 2 aliphatic rings. The van der Waals surface area contributed by atoms with E-state index in [-0.39, 0.29) is 24.4 Å². The van der Waals surface area contributed by atoms with Gasteiger partial charge in [0.2, 0.25) is 0 Å². The second-order valence-electron chi connectivity index (χ2n) is 8.64. The van der Waals surface area contributed by atoms with E-state index in [0.29, 0.717) is 30.9 Å². The van der Waals surface area contributed by atoms with Crippen LogP contribution in [0.2, 0.25) is 0 Å². The van der Waals surface area contributed by atoms with Gasteiger partial charge in [0.05, 0.1) is 17.7 Å². The van der Waals surface area contributed by atoms with Gasteiger partial charge in [0.1, 0.15) is 12.4 Å². The first-order valence-corrected chi connectivity index (χ1v) is 11.2. The third kappa shape index (κ3) is 5.96. The predicted octanol–water partition coefficient (Wildman–Crippen LogP) is 3.23. The number of ether oxygens (including phenoxy) is 1. The van der Waals surface area contributed by atoms with Gasteiger partial charge in [-0.15, -0.1) is 0 Å². The van der Waals surface area contributed by atoms with Crippen molar-refractivity contribution in [2.75, 3.05) is 31.6 Å². The minimum atomic E-state index is -1.16. The summed E-state index contributed by atoms with van der Waals surface area (Å²) in [4.78, 5) is 27.9. The largest absolute Gasteiger partial charge is 0.491 e. The van der Waals surface area contributed by atoms with Crippen LogP contribution in [0.5, 0.6) is 5.75 Å². The van der Waals surface area contributed by atoms with E-state index >= 15 is 0 Å². The molecule has 0 aromatic heterocycles. The summed E-state index contributed by atoms with van der Waals surface area (Å²) in [6, 6.07) is 11.0. The zero-order valence-electron chi connectivity index (χ0n) is 18.8. The molecule has 3 amide bonds. The van der Waals surface area contributed by atoms with Crippen LogP contribution in [0.3, 0.4) is 0 Å². The van der Waals surface area contributed by atoms with Crippen LogP contribution in [-0.2, 0) is 0 Å². The minimum absolute atomic E-state index is 0.0393. The molecular formula is C24H25F2N5O4. The molecule has 2 aromatic carbocycles. The van der Waals surface area contributed by atoms with E-state index in [2.05, 4.69) is 15.5 Å². The van der Waals surface area contributed by atoms with Crippen molar-refractivity contribution in [2.24, 2.45) is 0 Å². The molecule has 0 spiro atoms. The number of anilines is 1. The molecule has 184 valence electrons. The SMILES string of the molecule is N#Cc1ccc(OC[C@H](CN2C3CCC2CN(C(=O)Nc2ccc(F)c(F)c2)C3)NC(=O)O)cc1. The van der Waals surface area contributed by atoms with Crippen molar-refractivity contribution in [3.05, 3.63) is 59.7 Å². The Morgan fingerprint density at radius 1 is 1.11 bits per heavy atom. The van der Waals surface area contributed by atoms with Gasteiger partial charge in [-0.1, -0.05) is 0 Å². The molecule has 2 bridgehead atoms. The number of nitrogens with one attached hydrogen (secondary N) is 2. The maximum atomic E-state index is 13.5. The van der Waals surface area contributed by atoms with E-state index in [0.717, 1.165) is 25.0 Å². The molecule has 2 saturated heterocycles. The van der Waals surface area contributed by atoms with Crippen LogP contribution >= 0.6 is 0 Å². The van der Waals surface area contributed by atoms with Gasteiger partial charge in [0.25, 0.3) is 0 Å². The number of nitrogens with zero attached hydrogens (tertiary/aromatic N) is 3. The van der Waals surface area contributed by atoms with Gasteiger partial charge in [0.15, 0.2) is 11.6 Å². The first kappa shape index (κ1) is 24.2. The summed E-state index contributed by atoms with van der Waals surface area (Å²) in [6.07, 6.45) is 0.557. The molecule has 35 heavy (non-hydrogen) atoms. The zero-order valence-corrected chi connectivity index (χ0v) is 18.8. The van der Waals surface area contributed by atoms with Gasteiger partial charge in [-0.25, -0.2) is 18.4 Å². The van der Waals surface area contributed by atoms with E-state index in [1.54, 1.807) is 29.2 Å². The fourth-order valence-electron chi connectivity index (χ4n) is 4.62. The Hall–Kier alpha value is -3.91. The second-order valence-corrected chi connectivity index (χ2v) is 8.64. The number of piperazine rings is 1. The van der Waals surface area contributed by atoms with E-state index in [9.17, 15) is 23.5 Å². The van der Waals surface area contributed by atoms with Crippen LogP contribution in [0.1, 0.15) is 18.4 Å². The predicted molar refractivity (Wildman–Crippen MR) is 122 cm³/mol. The highest BCUT2D eigenvalue weighted by atomic mass is 19.2. The van der Waals surface area contributed by atoms with E-state index in [1.165, 1.54) is 6.07 Å². The van der Waals surface area contributed by atoms with Crippen molar-refractivity contribution in [1.82, 2.24) is 15.1 Å². The molecule has 3 atom stereocenters. The Morgan fingerprint density at radius 3 is 2.40 bits per heavy atom. The van der Waals surface area contributed by atoms with Gasteiger partial charge in [0, 0.05) is 43.5 Å². The summed E-state index contributed by atoms with van der Waals surface area (Å²) in [5.41, 5.74) is 0.676. The smallest absolute Gasteiger partial charge is 0.405 e. The third-order valence-electron chi connectivity index (χ3n) is 6.28. The topological polar surface area (TPSA) is 118 Å². The van der Waals surface area contributed by atoms with Crippen LogP contribution in [0, 0.1) is 23.0 Å². The minimum Gasteiger partial charge on any atom is -0.491 e. The highest BCUT2D eigenvalue weighted by Gasteiger charge is 2.42. The fraction of sp³-hybridized carbons (Fsp3) is 0.375. The third-order valence-corrected chi connectivity index (χ3v) is 6.28. The molecular weight excluding hydrogens is 460 g/mol. The maximum absolute atomic E-state index is 13.5. The summed E-state index contributed by atoms with van der Waals surface area (Å²) in [6.45, 7) is 1.38. The Morgan fingerprint density at radius 2 is 1.80 bits per heavy atom. The average Bonchev–Trinajstić information content (AvgIpc) is 3.05. The number of likely N-dealkylation sites (tertiary alicyclic amines) is 1. The number of carbonyl (C=O) groups excluding carboxylic acids is 1. The molecule has 0 aliphatic carbocycles. The number of nitriles is 1. The lowest BCUT2D eigenvalue weighted by atomic mass is 10.1. The summed E-state index contributed by atoms with van der Waals surface area (Å²) in [5.74, 6) is -1.49. The standard InChI is InChI=1S/C24H25F2N5O4/c25-21-8-3-16(9-22(21)26)28-23(32)30-12-18-4-5-19(13-30)31(18)11-17(29-24(33)34)14-35-20-6-1-15(10-27)2-7-20/h1-3,6-9,17-19,29H,4-5,11-14H2,(H,28,32)(H,33,34)/t17-,18?,19?/m0/s1. The van der Waals surface area contributed by atoms with Gasteiger partial charge in [-0.05, 0) is 49.2 Å². The fourth-order valence-corrected chi connectivity index (χ4v) is 4.62. The number of halogens is 2. The Balaban J connectivity index is 1.35. The first-order valence-electron chi connectivity index (χ1n) is 11.2. The number of carboxylic acid groups (broad SMARTS) is 1. The first-order chi connectivity index (χ1) is 16.8. The lowest BCUT2D eigenvalue weighted by Gasteiger charge is -2.42. The lowest BCUT2D eigenvalue weighted by molar-refractivity contribution is 0.0712. The molecule has 2 fully saturated rings. The summed E-state index contributed by atoms with van der Waals surface area (Å²) in [7, 11) is 0. The van der Waals surface area contributed by atoms with Crippen molar-refractivity contribution >= 4 is 17.8 Å². The molecule has 4 rings (SSSR count). The van der Waals surface area contributed by atoms with E-state index in [4.69, 9.17) is 10.00 Å². The van der Waals surface area contributed by atoms with Crippen molar-refractivity contribution < 1.29 is 28.2 Å². The Bertz CT molecular complexity index is 1110. The van der Waals surface area contributed by atoms with Gasteiger partial charge < -0.3 is 25.4 Å². The number of hydrogen-bond donors (Lipinski definition) is 3. The van der Waals surface area contributed by atoms with E-state index < -0.39 is 29.8 Å². The van der Waals surface area contributed by atoms with Crippen LogP contribution in [0.25, 0.3) is 0 Å². The molecule has 11 heteroatoms. The molecule has 0 saturated carbocycles. The number of hydrogen-bond acceptors (Lipinski definition) is 5. The number of urea groups is 1. The Labute approximate surface area is 200 Å². The molecule has 9 nitrogen and oxygen atoms in total. The summed E-state index contributed by atoms with van der Waals surface area (Å²) < 4.78 is 32.4. The molecule has 2 unspecified atom stereocenters. The summed E-state index contributed by atoms with van der Waals surface area (Å²) >= 11 is 0. The number of carbonyl (C=O) groups is 2. The second kappa shape index (κ2) is 10.6. The molecule has 2 aromatic rings. The Kier molecular flexibility index (Phi) is 7.31. The molecule has 3 N–H and O–H groups in total. The normalized spacial score (nSPS) is 20.1. The molecule has 2 heterocycles. The van der Waals surface area contributed by atoms with Crippen LogP contribution in [-0.4, -0.2) is 71.4 Å². The number of amides is 3. The number of fused-ring (bicyclic) bond motifs is 2. The quantitative estimate of drug-likeness (QED) is 0.554. The van der Waals surface area contributed by atoms with E-state index in [1.807, 2.05) is 6.07 Å². The van der Waals surface area contributed by atoms with Gasteiger partial charge in [-0.2, -0.15) is 5.26 Å². The van der Waals surface area contributed by atoms with Gasteiger partial charge in [-0.3, -0.25) is 4.90 Å². The van der Waals surface area contributed by atoms with Crippen molar-refractivity contribution in [2.45, 2.75) is 31.0 Å². The maximum Gasteiger partial charge on any atom is 0.405 e. The van der Waals surface area contributed by atoms with Crippen molar-refractivity contribution in [1.29, 1.82) is 5.26 Å². The molecule has 2 aliphatic heterocycles.